The summed E-state index contributed by atoms with van der Waals surface area (Å²) >= 11 is 0.702. The van der Waals surface area contributed by atoms with E-state index in [1.165, 1.54) is 18.2 Å². The molecular weight excluding hydrogens is 417 g/mol. The zero-order chi connectivity index (χ0) is 20.9. The lowest BCUT2D eigenvalue weighted by Crippen LogP contribution is -2.11. The molecule has 0 fully saturated rings. The summed E-state index contributed by atoms with van der Waals surface area (Å²) in [5.74, 6) is -1.06. The van der Waals surface area contributed by atoms with Crippen molar-refractivity contribution in [3.05, 3.63) is 78.1 Å². The van der Waals surface area contributed by atoms with Crippen LogP contribution in [-0.2, 0) is 15.6 Å². The predicted molar refractivity (Wildman–Crippen MR) is 107 cm³/mol. The van der Waals surface area contributed by atoms with Gasteiger partial charge in [-0.3, -0.25) is 10.1 Å². The lowest BCUT2D eigenvalue weighted by Gasteiger charge is -2.04. The van der Waals surface area contributed by atoms with Crippen molar-refractivity contribution >= 4 is 32.2 Å². The van der Waals surface area contributed by atoms with Crippen LogP contribution >= 0.6 is 11.3 Å². The molecule has 3 aromatic rings. The SMILES string of the molecule is C=CCOc1ccc(C(=O)Nc2nnc(S(=O)(=O)Cc3ccccc3F)s2)cc1. The maximum atomic E-state index is 13.7. The van der Waals surface area contributed by atoms with Crippen LogP contribution < -0.4 is 10.1 Å². The van der Waals surface area contributed by atoms with E-state index in [1.807, 2.05) is 0 Å². The van der Waals surface area contributed by atoms with E-state index in [4.69, 9.17) is 4.74 Å². The topological polar surface area (TPSA) is 98.2 Å². The smallest absolute Gasteiger partial charge is 0.257 e. The van der Waals surface area contributed by atoms with Gasteiger partial charge in [0.25, 0.3) is 5.91 Å². The number of carbonyl (C=O) groups is 1. The summed E-state index contributed by atoms with van der Waals surface area (Å²) in [6.07, 6.45) is 1.61. The number of amides is 1. The van der Waals surface area contributed by atoms with Crippen molar-refractivity contribution in [3.63, 3.8) is 0 Å². The van der Waals surface area contributed by atoms with Gasteiger partial charge in [-0.2, -0.15) is 0 Å². The van der Waals surface area contributed by atoms with Gasteiger partial charge in [0, 0.05) is 11.1 Å². The zero-order valence-corrected chi connectivity index (χ0v) is 16.7. The first-order chi connectivity index (χ1) is 13.9. The van der Waals surface area contributed by atoms with E-state index >= 15 is 0 Å². The van der Waals surface area contributed by atoms with Crippen LogP contribution in [0.25, 0.3) is 0 Å². The quantitative estimate of drug-likeness (QED) is 0.431. The van der Waals surface area contributed by atoms with Gasteiger partial charge in [-0.25, -0.2) is 12.8 Å². The third-order valence-electron chi connectivity index (χ3n) is 3.68. The number of halogens is 1. The minimum absolute atomic E-state index is 0.0223. The molecule has 1 amide bonds. The lowest BCUT2D eigenvalue weighted by molar-refractivity contribution is 0.102. The van der Waals surface area contributed by atoms with Gasteiger partial charge in [0.15, 0.2) is 0 Å². The first-order valence-electron chi connectivity index (χ1n) is 8.34. The summed E-state index contributed by atoms with van der Waals surface area (Å²) in [5, 5.41) is 9.84. The molecule has 0 bridgehead atoms. The number of hydrogen-bond acceptors (Lipinski definition) is 7. The van der Waals surface area contributed by atoms with E-state index < -0.39 is 27.3 Å². The summed E-state index contributed by atoms with van der Waals surface area (Å²) in [7, 11) is -3.90. The first kappa shape index (κ1) is 20.6. The molecule has 0 aliphatic rings. The van der Waals surface area contributed by atoms with Crippen molar-refractivity contribution < 1.29 is 22.3 Å². The summed E-state index contributed by atoms with van der Waals surface area (Å²) in [5.41, 5.74) is 0.369. The molecule has 1 heterocycles. The molecule has 0 saturated carbocycles. The average Bonchev–Trinajstić information content (AvgIpc) is 3.18. The van der Waals surface area contributed by atoms with Crippen LogP contribution in [0.4, 0.5) is 9.52 Å². The van der Waals surface area contributed by atoms with Crippen molar-refractivity contribution in [2.24, 2.45) is 0 Å². The Hall–Kier alpha value is -3.11. The molecule has 0 spiro atoms. The fourth-order valence-electron chi connectivity index (χ4n) is 2.29. The van der Waals surface area contributed by atoms with Crippen molar-refractivity contribution in [3.8, 4) is 5.75 Å². The molecule has 150 valence electrons. The zero-order valence-electron chi connectivity index (χ0n) is 15.0. The molecule has 1 N–H and O–H groups in total. The number of aromatic nitrogens is 2. The first-order valence-corrected chi connectivity index (χ1v) is 10.8. The third-order valence-corrected chi connectivity index (χ3v) is 6.63. The standard InChI is InChI=1S/C19H16FN3O4S2/c1-2-11-27-15-9-7-13(8-10-15)17(24)21-18-22-23-19(28-18)29(25,26)12-14-5-3-4-6-16(14)20/h2-10H,1,11-12H2,(H,21,22,24). The Morgan fingerprint density at radius 2 is 1.90 bits per heavy atom. The second kappa shape index (κ2) is 8.93. The number of rotatable bonds is 8. The van der Waals surface area contributed by atoms with E-state index in [2.05, 4.69) is 22.1 Å². The van der Waals surface area contributed by atoms with Crippen molar-refractivity contribution in [2.45, 2.75) is 10.1 Å². The Labute approximate surface area is 170 Å². The highest BCUT2D eigenvalue weighted by molar-refractivity contribution is 7.92. The average molecular weight is 433 g/mol. The van der Waals surface area contributed by atoms with E-state index in [9.17, 15) is 17.6 Å². The van der Waals surface area contributed by atoms with Gasteiger partial charge in [-0.15, -0.1) is 10.2 Å². The molecule has 10 heteroatoms. The monoisotopic (exact) mass is 433 g/mol. The van der Waals surface area contributed by atoms with Gasteiger partial charge in [0.2, 0.25) is 19.3 Å². The van der Waals surface area contributed by atoms with Crippen molar-refractivity contribution in [2.75, 3.05) is 11.9 Å². The van der Waals surface area contributed by atoms with E-state index in [0.717, 1.165) is 0 Å². The minimum Gasteiger partial charge on any atom is -0.490 e. The maximum Gasteiger partial charge on any atom is 0.257 e. The molecule has 0 radical (unpaired) electrons. The van der Waals surface area contributed by atoms with Gasteiger partial charge in [-0.1, -0.05) is 42.2 Å². The molecule has 0 unspecified atom stereocenters. The van der Waals surface area contributed by atoms with Crippen LogP contribution in [-0.4, -0.2) is 31.1 Å². The second-order valence-electron chi connectivity index (χ2n) is 5.80. The van der Waals surface area contributed by atoms with Gasteiger partial charge in [0.05, 0.1) is 5.75 Å². The summed E-state index contributed by atoms with van der Waals surface area (Å²) < 4.78 is 43.7. The summed E-state index contributed by atoms with van der Waals surface area (Å²) in [4.78, 5) is 12.3. The van der Waals surface area contributed by atoms with Crippen LogP contribution in [0.5, 0.6) is 5.75 Å². The van der Waals surface area contributed by atoms with Gasteiger partial charge in [0.1, 0.15) is 18.2 Å². The molecule has 7 nitrogen and oxygen atoms in total. The normalized spacial score (nSPS) is 11.1. The Bertz CT molecular complexity index is 1130. The second-order valence-corrected chi connectivity index (χ2v) is 8.94. The largest absolute Gasteiger partial charge is 0.490 e. The number of ether oxygens (including phenoxy) is 1. The maximum absolute atomic E-state index is 13.7. The fraction of sp³-hybridized carbons (Fsp3) is 0.105. The van der Waals surface area contributed by atoms with E-state index in [1.54, 1.807) is 36.4 Å². The van der Waals surface area contributed by atoms with Gasteiger partial charge < -0.3 is 4.74 Å². The Balaban J connectivity index is 1.68. The van der Waals surface area contributed by atoms with Crippen LogP contribution in [0.1, 0.15) is 15.9 Å². The van der Waals surface area contributed by atoms with Crippen LogP contribution in [0, 0.1) is 5.82 Å². The van der Waals surface area contributed by atoms with Gasteiger partial charge >= 0.3 is 0 Å². The van der Waals surface area contributed by atoms with E-state index in [0.29, 0.717) is 29.3 Å². The molecular formula is C19H16FN3O4S2. The number of sulfone groups is 1. The van der Waals surface area contributed by atoms with Crippen LogP contribution in [0.15, 0.2) is 65.5 Å². The lowest BCUT2D eigenvalue weighted by atomic mass is 10.2. The summed E-state index contributed by atoms with van der Waals surface area (Å²) in [6.45, 7) is 3.90. The number of anilines is 1. The Morgan fingerprint density at radius 1 is 1.17 bits per heavy atom. The molecule has 0 saturated heterocycles. The van der Waals surface area contributed by atoms with Crippen LogP contribution in [0.3, 0.4) is 0 Å². The number of nitrogens with zero attached hydrogens (tertiary/aromatic N) is 2. The highest BCUT2D eigenvalue weighted by Gasteiger charge is 2.23. The fourth-order valence-corrected chi connectivity index (χ4v) is 4.62. The van der Waals surface area contributed by atoms with E-state index in [-0.39, 0.29) is 15.0 Å². The number of nitrogens with one attached hydrogen (secondary N) is 1. The molecule has 0 aliphatic heterocycles. The number of hydrogen-bond donors (Lipinski definition) is 1. The highest BCUT2D eigenvalue weighted by Crippen LogP contribution is 2.25. The van der Waals surface area contributed by atoms with Gasteiger partial charge in [-0.05, 0) is 30.3 Å². The minimum atomic E-state index is -3.90. The molecule has 0 aliphatic carbocycles. The Kier molecular flexibility index (Phi) is 6.35. The molecule has 1 aromatic heterocycles. The molecule has 2 aromatic carbocycles. The Morgan fingerprint density at radius 3 is 2.59 bits per heavy atom. The third kappa shape index (κ3) is 5.24. The van der Waals surface area contributed by atoms with Crippen LogP contribution in [0.2, 0.25) is 0 Å². The number of benzene rings is 2. The highest BCUT2D eigenvalue weighted by atomic mass is 32.2. The molecule has 0 atom stereocenters. The predicted octanol–water partition coefficient (Wildman–Crippen LogP) is 3.47. The molecule has 3 rings (SSSR count). The number of carbonyl (C=O) groups excluding carboxylic acids is 1. The summed E-state index contributed by atoms with van der Waals surface area (Å²) in [6, 6.07) is 12.0. The molecule has 29 heavy (non-hydrogen) atoms. The van der Waals surface area contributed by atoms with Crippen molar-refractivity contribution in [1.82, 2.24) is 10.2 Å². The van der Waals surface area contributed by atoms with Crippen molar-refractivity contribution in [1.29, 1.82) is 0 Å².